The van der Waals surface area contributed by atoms with Gasteiger partial charge in [0.2, 0.25) is 0 Å². The van der Waals surface area contributed by atoms with Gasteiger partial charge in [-0.3, -0.25) is 4.79 Å². The minimum absolute atomic E-state index is 0.226. The van der Waals surface area contributed by atoms with Crippen LogP contribution in [0.1, 0.15) is 39.5 Å². The molecule has 0 aromatic heterocycles. The van der Waals surface area contributed by atoms with Crippen LogP contribution in [0.15, 0.2) is 0 Å². The van der Waals surface area contributed by atoms with Crippen molar-refractivity contribution in [1.29, 1.82) is 0 Å². The first-order valence-corrected chi connectivity index (χ1v) is 4.95. The molecule has 0 saturated carbocycles. The van der Waals surface area contributed by atoms with Gasteiger partial charge in [0.1, 0.15) is 0 Å². The van der Waals surface area contributed by atoms with Gasteiger partial charge in [0.15, 0.2) is 0 Å². The van der Waals surface area contributed by atoms with Gasteiger partial charge < -0.3 is 5.11 Å². The highest BCUT2D eigenvalue weighted by molar-refractivity contribution is 6.19. The number of rotatable bonds is 6. The van der Waals surface area contributed by atoms with E-state index in [0.717, 1.165) is 12.8 Å². The van der Waals surface area contributed by atoms with Crippen LogP contribution < -0.4 is 0 Å². The highest BCUT2D eigenvalue weighted by Crippen LogP contribution is 2.31. The monoisotopic (exact) mass is 192 g/mol. The lowest BCUT2D eigenvalue weighted by Gasteiger charge is -2.25. The molecule has 0 heterocycles. The Bertz CT molecular complexity index is 139. The molecule has 0 aliphatic rings. The van der Waals surface area contributed by atoms with E-state index >= 15 is 0 Å². The van der Waals surface area contributed by atoms with Gasteiger partial charge in [-0.1, -0.05) is 26.7 Å². The van der Waals surface area contributed by atoms with Gasteiger partial charge in [0.05, 0.1) is 5.41 Å². The number of alkyl halides is 1. The quantitative estimate of drug-likeness (QED) is 0.658. The largest absolute Gasteiger partial charge is 0.481 e. The van der Waals surface area contributed by atoms with Gasteiger partial charge in [-0.15, -0.1) is 11.6 Å². The molecule has 0 radical (unpaired) electrons. The summed E-state index contributed by atoms with van der Waals surface area (Å²) in [5, 5.41) is 9.00. The average molecular weight is 193 g/mol. The first-order chi connectivity index (χ1) is 5.63. The Morgan fingerprint density at radius 2 is 1.75 bits per heavy atom. The van der Waals surface area contributed by atoms with Gasteiger partial charge in [0, 0.05) is 5.88 Å². The molecule has 2 nitrogen and oxygen atoms in total. The molecular weight excluding hydrogens is 176 g/mol. The van der Waals surface area contributed by atoms with Crippen molar-refractivity contribution in [2.45, 2.75) is 39.5 Å². The van der Waals surface area contributed by atoms with Gasteiger partial charge in [-0.25, -0.2) is 0 Å². The molecule has 0 atom stereocenters. The van der Waals surface area contributed by atoms with E-state index in [1.54, 1.807) is 0 Å². The third-order valence-corrected chi connectivity index (χ3v) is 2.68. The Morgan fingerprint density at radius 3 is 1.92 bits per heavy atom. The Balaban J connectivity index is 4.39. The number of carboxylic acid groups (broad SMARTS) is 1. The standard InChI is InChI=1S/C9H17ClO2/c1-3-5-9(7-10,6-4-2)8(11)12/h3-7H2,1-2H3,(H,11,12). The summed E-state index contributed by atoms with van der Waals surface area (Å²) in [6, 6.07) is 0. The first kappa shape index (κ1) is 11.8. The molecule has 72 valence electrons. The van der Waals surface area contributed by atoms with Crippen molar-refractivity contribution in [2.75, 3.05) is 5.88 Å². The van der Waals surface area contributed by atoms with E-state index in [2.05, 4.69) is 0 Å². The second-order valence-corrected chi connectivity index (χ2v) is 3.49. The van der Waals surface area contributed by atoms with Crippen molar-refractivity contribution >= 4 is 17.6 Å². The summed E-state index contributed by atoms with van der Waals surface area (Å²) >= 11 is 5.70. The van der Waals surface area contributed by atoms with Gasteiger partial charge in [-0.05, 0) is 12.8 Å². The molecule has 0 fully saturated rings. The molecule has 0 aliphatic heterocycles. The molecule has 0 saturated heterocycles. The molecule has 0 aromatic rings. The zero-order valence-electron chi connectivity index (χ0n) is 7.77. The van der Waals surface area contributed by atoms with E-state index < -0.39 is 11.4 Å². The normalized spacial score (nSPS) is 11.6. The maximum Gasteiger partial charge on any atom is 0.310 e. The summed E-state index contributed by atoms with van der Waals surface area (Å²) in [6.07, 6.45) is 3.11. The molecule has 0 aliphatic carbocycles. The van der Waals surface area contributed by atoms with Crippen LogP contribution in [0.2, 0.25) is 0 Å². The predicted octanol–water partition coefficient (Wildman–Crippen LogP) is 2.90. The Morgan fingerprint density at radius 1 is 1.33 bits per heavy atom. The van der Waals surface area contributed by atoms with E-state index in [9.17, 15) is 4.79 Å². The summed E-state index contributed by atoms with van der Waals surface area (Å²) in [4.78, 5) is 10.9. The second-order valence-electron chi connectivity index (χ2n) is 3.22. The van der Waals surface area contributed by atoms with Crippen molar-refractivity contribution in [2.24, 2.45) is 5.41 Å². The Labute approximate surface area is 78.9 Å². The lowest BCUT2D eigenvalue weighted by atomic mass is 9.81. The van der Waals surface area contributed by atoms with Crippen LogP contribution in [0, 0.1) is 5.41 Å². The number of carboxylic acids is 1. The van der Waals surface area contributed by atoms with Crippen molar-refractivity contribution in [1.82, 2.24) is 0 Å². The van der Waals surface area contributed by atoms with Crippen LogP contribution in [0.4, 0.5) is 0 Å². The first-order valence-electron chi connectivity index (χ1n) is 4.42. The van der Waals surface area contributed by atoms with Crippen molar-refractivity contribution in [3.63, 3.8) is 0 Å². The van der Waals surface area contributed by atoms with E-state index in [1.165, 1.54) is 0 Å². The SMILES string of the molecule is CCCC(CCl)(CCC)C(=O)O. The number of aliphatic carboxylic acids is 1. The number of hydrogen-bond donors (Lipinski definition) is 1. The fourth-order valence-corrected chi connectivity index (χ4v) is 1.87. The highest BCUT2D eigenvalue weighted by Gasteiger charge is 2.35. The van der Waals surface area contributed by atoms with E-state index in [0.29, 0.717) is 12.8 Å². The molecule has 0 amide bonds. The van der Waals surface area contributed by atoms with Crippen molar-refractivity contribution in [3.05, 3.63) is 0 Å². The number of carbonyl (C=O) groups is 1. The number of hydrogen-bond acceptors (Lipinski definition) is 1. The molecule has 3 heteroatoms. The van der Waals surface area contributed by atoms with Crippen molar-refractivity contribution in [3.8, 4) is 0 Å². The van der Waals surface area contributed by atoms with Crippen LogP contribution in [-0.4, -0.2) is 17.0 Å². The summed E-state index contributed by atoms with van der Waals surface area (Å²) in [6.45, 7) is 3.97. The van der Waals surface area contributed by atoms with Crippen molar-refractivity contribution < 1.29 is 9.90 Å². The smallest absolute Gasteiger partial charge is 0.310 e. The minimum Gasteiger partial charge on any atom is -0.481 e. The molecule has 0 spiro atoms. The number of halogens is 1. The fourth-order valence-electron chi connectivity index (χ4n) is 1.49. The molecule has 0 aromatic carbocycles. The maximum absolute atomic E-state index is 10.9. The van der Waals surface area contributed by atoms with E-state index in [4.69, 9.17) is 16.7 Å². The van der Waals surface area contributed by atoms with Gasteiger partial charge in [0.25, 0.3) is 0 Å². The molecule has 12 heavy (non-hydrogen) atoms. The second kappa shape index (κ2) is 5.41. The van der Waals surface area contributed by atoms with Crippen LogP contribution >= 0.6 is 11.6 Å². The summed E-state index contributed by atoms with van der Waals surface area (Å²) in [5.41, 5.74) is -0.676. The maximum atomic E-state index is 10.9. The Kier molecular flexibility index (Phi) is 5.31. The summed E-state index contributed by atoms with van der Waals surface area (Å²) in [7, 11) is 0. The van der Waals surface area contributed by atoms with Crippen LogP contribution in [-0.2, 0) is 4.79 Å². The molecule has 0 unspecified atom stereocenters. The Hall–Kier alpha value is -0.240. The lowest BCUT2D eigenvalue weighted by molar-refractivity contribution is -0.148. The van der Waals surface area contributed by atoms with Gasteiger partial charge in [-0.2, -0.15) is 0 Å². The molecule has 1 N–H and O–H groups in total. The zero-order chi connectivity index (χ0) is 9.61. The zero-order valence-corrected chi connectivity index (χ0v) is 8.52. The van der Waals surface area contributed by atoms with Gasteiger partial charge >= 0.3 is 5.97 Å². The highest BCUT2D eigenvalue weighted by atomic mass is 35.5. The lowest BCUT2D eigenvalue weighted by Crippen LogP contribution is -2.32. The summed E-state index contributed by atoms with van der Waals surface area (Å²) < 4.78 is 0. The van der Waals surface area contributed by atoms with E-state index in [1.807, 2.05) is 13.8 Å². The molecule has 0 rings (SSSR count). The molecular formula is C9H17ClO2. The van der Waals surface area contributed by atoms with Crippen LogP contribution in [0.3, 0.4) is 0 Å². The predicted molar refractivity (Wildman–Crippen MR) is 50.6 cm³/mol. The van der Waals surface area contributed by atoms with Crippen LogP contribution in [0.5, 0.6) is 0 Å². The third kappa shape index (κ3) is 2.67. The topological polar surface area (TPSA) is 37.3 Å². The fraction of sp³-hybridized carbons (Fsp3) is 0.889. The average Bonchev–Trinajstić information content (AvgIpc) is 2.03. The van der Waals surface area contributed by atoms with Crippen LogP contribution in [0.25, 0.3) is 0 Å². The summed E-state index contributed by atoms with van der Waals surface area (Å²) in [5.74, 6) is -0.523. The third-order valence-electron chi connectivity index (χ3n) is 2.17. The molecule has 0 bridgehead atoms. The van der Waals surface area contributed by atoms with E-state index in [-0.39, 0.29) is 5.88 Å². The minimum atomic E-state index is -0.749.